The van der Waals surface area contributed by atoms with Crippen molar-refractivity contribution < 1.29 is 18.3 Å². The average Bonchev–Trinajstić information content (AvgIpc) is 3.08. The summed E-state index contributed by atoms with van der Waals surface area (Å²) in [6, 6.07) is 0.809. The quantitative estimate of drug-likeness (QED) is 0.849. The van der Waals surface area contributed by atoms with Crippen LogP contribution >= 0.6 is 0 Å². The highest BCUT2D eigenvalue weighted by Gasteiger charge is 2.41. The number of aliphatic hydroxyl groups is 1. The molecule has 1 saturated heterocycles. The van der Waals surface area contributed by atoms with Gasteiger partial charge in [0.2, 0.25) is 5.95 Å². The molecule has 1 fully saturated rings. The largest absolute Gasteiger partial charge is 0.433 e. The summed E-state index contributed by atoms with van der Waals surface area (Å²) in [7, 11) is 0. The summed E-state index contributed by atoms with van der Waals surface area (Å²) in [5, 5.41) is 20.3. The second-order valence-corrected chi connectivity index (χ2v) is 4.80. The fourth-order valence-electron chi connectivity index (χ4n) is 2.26. The molecule has 2 aromatic rings. The van der Waals surface area contributed by atoms with Crippen LogP contribution in [0.2, 0.25) is 0 Å². The van der Waals surface area contributed by atoms with Gasteiger partial charge in [-0.1, -0.05) is 0 Å². The zero-order valence-electron chi connectivity index (χ0n) is 10.7. The molecule has 10 heteroatoms. The number of alkyl halides is 3. The summed E-state index contributed by atoms with van der Waals surface area (Å²) in [4.78, 5) is 8.84. The number of rotatable bonds is 2. The highest BCUT2D eigenvalue weighted by molar-refractivity contribution is 5.35. The van der Waals surface area contributed by atoms with E-state index in [-0.39, 0.29) is 12.5 Å². The third kappa shape index (κ3) is 2.53. The normalized spacial score (nSPS) is 22.8. The summed E-state index contributed by atoms with van der Waals surface area (Å²) in [6.07, 6.45) is -1.78. The van der Waals surface area contributed by atoms with Gasteiger partial charge in [0.25, 0.3) is 0 Å². The molecular formula is C11H11F3N6O. The minimum atomic E-state index is -4.53. The number of β-amino-alcohol motifs (C(OH)–C–C–N with tert-alkyl or cyclic N) is 1. The molecule has 1 aliphatic rings. The highest BCUT2D eigenvalue weighted by Crippen LogP contribution is 2.33. The van der Waals surface area contributed by atoms with Crippen LogP contribution in [0.4, 0.5) is 19.1 Å². The number of H-pyrrole nitrogens is 1. The van der Waals surface area contributed by atoms with Crippen molar-refractivity contribution in [1.29, 1.82) is 0 Å². The van der Waals surface area contributed by atoms with Crippen molar-refractivity contribution in [3.8, 4) is 0 Å². The number of aromatic amines is 1. The fraction of sp³-hybridized carbons (Fsp3) is 0.455. The molecule has 0 spiro atoms. The molecule has 0 unspecified atom stereocenters. The van der Waals surface area contributed by atoms with Gasteiger partial charge in [-0.15, -0.1) is 0 Å². The molecule has 112 valence electrons. The van der Waals surface area contributed by atoms with E-state index in [1.807, 2.05) is 0 Å². The molecule has 0 saturated carbocycles. The lowest BCUT2D eigenvalue weighted by Gasteiger charge is -2.21. The van der Waals surface area contributed by atoms with E-state index in [1.54, 1.807) is 0 Å². The lowest BCUT2D eigenvalue weighted by molar-refractivity contribution is -0.141. The molecule has 0 aliphatic carbocycles. The van der Waals surface area contributed by atoms with Crippen molar-refractivity contribution >= 4 is 5.95 Å². The molecular weight excluding hydrogens is 289 g/mol. The van der Waals surface area contributed by atoms with Gasteiger partial charge in [0.1, 0.15) is 17.0 Å². The Hall–Kier alpha value is -2.23. The first-order valence-corrected chi connectivity index (χ1v) is 6.12. The van der Waals surface area contributed by atoms with Gasteiger partial charge in [0, 0.05) is 19.2 Å². The Morgan fingerprint density at radius 2 is 2.19 bits per heavy atom. The molecule has 3 rings (SSSR count). The Kier molecular flexibility index (Phi) is 3.04. The van der Waals surface area contributed by atoms with Crippen LogP contribution in [0.1, 0.15) is 17.8 Å². The molecule has 0 amide bonds. The Morgan fingerprint density at radius 1 is 1.38 bits per heavy atom. The van der Waals surface area contributed by atoms with Crippen molar-refractivity contribution in [2.45, 2.75) is 18.2 Å². The second-order valence-electron chi connectivity index (χ2n) is 4.80. The first-order chi connectivity index (χ1) is 9.88. The molecule has 1 atom stereocenters. The monoisotopic (exact) mass is 300 g/mol. The molecule has 0 aromatic carbocycles. The number of aromatic nitrogens is 5. The van der Waals surface area contributed by atoms with E-state index < -0.39 is 17.5 Å². The Bertz CT molecular complexity index is 631. The third-order valence-electron chi connectivity index (χ3n) is 3.36. The number of anilines is 1. The molecule has 21 heavy (non-hydrogen) atoms. The lowest BCUT2D eigenvalue weighted by atomic mass is 10.0. The van der Waals surface area contributed by atoms with Gasteiger partial charge in [-0.25, -0.2) is 9.97 Å². The lowest BCUT2D eigenvalue weighted by Crippen LogP contribution is -2.32. The predicted octanol–water partition coefficient (Wildman–Crippen LogP) is 0.711. The van der Waals surface area contributed by atoms with E-state index in [1.165, 1.54) is 11.1 Å². The van der Waals surface area contributed by atoms with E-state index >= 15 is 0 Å². The number of nitrogens with zero attached hydrogens (tertiary/aromatic N) is 5. The summed E-state index contributed by atoms with van der Waals surface area (Å²) in [6.45, 7) is 0.380. The van der Waals surface area contributed by atoms with Gasteiger partial charge < -0.3 is 10.0 Å². The second kappa shape index (κ2) is 4.65. The molecule has 2 aromatic heterocycles. The standard InChI is InChI=1S/C11H11F3N6O/c12-11(13,14)7-1-3-15-9(17-7)20-4-2-10(21,6-20)8-5-16-19-18-8/h1,3,5,21H,2,4,6H2,(H,16,18,19)/t10-/m0/s1. The van der Waals surface area contributed by atoms with Crippen LogP contribution in [0.3, 0.4) is 0 Å². The summed E-state index contributed by atoms with van der Waals surface area (Å²) in [5.41, 5.74) is -1.94. The van der Waals surface area contributed by atoms with Crippen LogP contribution < -0.4 is 4.90 Å². The van der Waals surface area contributed by atoms with Gasteiger partial charge in [0.05, 0.1) is 12.7 Å². The van der Waals surface area contributed by atoms with Gasteiger partial charge in [-0.2, -0.15) is 28.6 Å². The molecule has 0 radical (unpaired) electrons. The van der Waals surface area contributed by atoms with Crippen LogP contribution in [-0.2, 0) is 11.8 Å². The van der Waals surface area contributed by atoms with Crippen LogP contribution in [0.5, 0.6) is 0 Å². The number of hydrogen-bond donors (Lipinski definition) is 2. The summed E-state index contributed by atoms with van der Waals surface area (Å²) < 4.78 is 37.9. The first-order valence-electron chi connectivity index (χ1n) is 6.12. The predicted molar refractivity (Wildman–Crippen MR) is 64.1 cm³/mol. The highest BCUT2D eigenvalue weighted by atomic mass is 19.4. The SMILES string of the molecule is O[C@@]1(c2cn[nH]n2)CCN(c2nccc(C(F)(F)F)n2)C1. The number of halogens is 3. The molecule has 7 nitrogen and oxygen atoms in total. The summed E-state index contributed by atoms with van der Waals surface area (Å²) in [5.74, 6) is -0.0655. The van der Waals surface area contributed by atoms with Gasteiger partial charge in [-0.3, -0.25) is 0 Å². The van der Waals surface area contributed by atoms with Crippen molar-refractivity contribution in [2.75, 3.05) is 18.0 Å². The van der Waals surface area contributed by atoms with Crippen LogP contribution in [0.25, 0.3) is 0 Å². The smallest absolute Gasteiger partial charge is 0.381 e. The minimum Gasteiger partial charge on any atom is -0.381 e. The van der Waals surface area contributed by atoms with Crippen molar-refractivity contribution in [3.63, 3.8) is 0 Å². The van der Waals surface area contributed by atoms with E-state index in [9.17, 15) is 18.3 Å². The van der Waals surface area contributed by atoms with E-state index in [0.717, 1.165) is 12.3 Å². The average molecular weight is 300 g/mol. The molecule has 1 aliphatic heterocycles. The minimum absolute atomic E-state index is 0.0564. The number of hydrogen-bond acceptors (Lipinski definition) is 6. The first kappa shape index (κ1) is 13.7. The zero-order chi connectivity index (χ0) is 15.1. The van der Waals surface area contributed by atoms with Crippen LogP contribution in [0.15, 0.2) is 18.5 Å². The number of nitrogens with one attached hydrogen (secondary N) is 1. The van der Waals surface area contributed by atoms with Crippen molar-refractivity contribution in [1.82, 2.24) is 25.4 Å². The van der Waals surface area contributed by atoms with Gasteiger partial charge in [0.15, 0.2) is 0 Å². The van der Waals surface area contributed by atoms with E-state index in [2.05, 4.69) is 25.4 Å². The molecule has 0 bridgehead atoms. The van der Waals surface area contributed by atoms with Crippen LogP contribution in [-0.4, -0.2) is 43.6 Å². The van der Waals surface area contributed by atoms with Crippen molar-refractivity contribution in [2.24, 2.45) is 0 Å². The third-order valence-corrected chi connectivity index (χ3v) is 3.36. The summed E-state index contributed by atoms with van der Waals surface area (Å²) >= 11 is 0. The Morgan fingerprint density at radius 3 is 2.86 bits per heavy atom. The molecule has 2 N–H and O–H groups in total. The van der Waals surface area contributed by atoms with Gasteiger partial charge >= 0.3 is 6.18 Å². The van der Waals surface area contributed by atoms with Crippen molar-refractivity contribution in [3.05, 3.63) is 29.8 Å². The van der Waals surface area contributed by atoms with E-state index in [0.29, 0.717) is 18.7 Å². The topological polar surface area (TPSA) is 90.8 Å². The zero-order valence-corrected chi connectivity index (χ0v) is 10.7. The maximum absolute atomic E-state index is 12.6. The maximum atomic E-state index is 12.6. The fourth-order valence-corrected chi connectivity index (χ4v) is 2.26. The Labute approximate surface area is 116 Å². The molecule has 3 heterocycles. The van der Waals surface area contributed by atoms with Gasteiger partial charge in [-0.05, 0) is 6.07 Å². The Balaban J connectivity index is 1.84. The van der Waals surface area contributed by atoms with E-state index in [4.69, 9.17) is 0 Å². The maximum Gasteiger partial charge on any atom is 0.433 e. The van der Waals surface area contributed by atoms with Crippen LogP contribution in [0, 0.1) is 0 Å².